The highest BCUT2D eigenvalue weighted by atomic mass is 32.2. The number of methoxy groups -OCH3 is 1. The first-order valence-electron chi connectivity index (χ1n) is 10.3. The van der Waals surface area contributed by atoms with Crippen LogP contribution in [-0.4, -0.2) is 42.0 Å². The number of rotatable bonds is 10. The maximum Gasteiger partial charge on any atom is 0.266 e. The summed E-state index contributed by atoms with van der Waals surface area (Å²) in [4.78, 5) is 14.8. The zero-order valence-corrected chi connectivity index (χ0v) is 20.2. The summed E-state index contributed by atoms with van der Waals surface area (Å²) in [5, 5.41) is 0. The van der Waals surface area contributed by atoms with Gasteiger partial charge in [0.25, 0.3) is 5.91 Å². The van der Waals surface area contributed by atoms with Gasteiger partial charge < -0.3 is 14.2 Å². The van der Waals surface area contributed by atoms with Crippen LogP contribution in [0.25, 0.3) is 6.08 Å². The van der Waals surface area contributed by atoms with Crippen LogP contribution in [0.4, 0.5) is 0 Å². The van der Waals surface area contributed by atoms with Gasteiger partial charge in [-0.05, 0) is 43.2 Å². The van der Waals surface area contributed by atoms with Crippen molar-refractivity contribution in [3.8, 4) is 17.2 Å². The first kappa shape index (κ1) is 23.9. The zero-order chi connectivity index (χ0) is 23.1. The van der Waals surface area contributed by atoms with Gasteiger partial charge in [-0.15, -0.1) is 6.58 Å². The number of para-hydroxylation sites is 1. The second-order valence-electron chi connectivity index (χ2n) is 7.28. The van der Waals surface area contributed by atoms with Crippen molar-refractivity contribution >= 4 is 40.3 Å². The normalized spacial score (nSPS) is 14.7. The highest BCUT2D eigenvalue weighted by Gasteiger charge is 2.31. The van der Waals surface area contributed by atoms with Crippen LogP contribution < -0.4 is 14.2 Å². The fourth-order valence-corrected chi connectivity index (χ4v) is 4.43. The molecule has 1 aliphatic heterocycles. The fraction of sp³-hybridized carbons (Fsp3) is 0.280. The summed E-state index contributed by atoms with van der Waals surface area (Å²) in [6, 6.07) is 11.8. The van der Waals surface area contributed by atoms with Crippen LogP contribution in [-0.2, 0) is 4.79 Å². The molecule has 0 N–H and O–H groups in total. The van der Waals surface area contributed by atoms with Crippen LogP contribution in [0, 0.1) is 13.8 Å². The number of amides is 1. The van der Waals surface area contributed by atoms with Crippen LogP contribution >= 0.6 is 24.0 Å². The van der Waals surface area contributed by atoms with Crippen LogP contribution in [0.1, 0.15) is 23.1 Å². The first-order valence-corrected chi connectivity index (χ1v) is 11.5. The van der Waals surface area contributed by atoms with Gasteiger partial charge >= 0.3 is 0 Å². The van der Waals surface area contributed by atoms with E-state index in [4.69, 9.17) is 26.4 Å². The van der Waals surface area contributed by atoms with Crippen LogP contribution in [0.5, 0.6) is 17.2 Å². The molecular formula is C25H27NO4S2. The minimum Gasteiger partial charge on any atom is -0.493 e. The van der Waals surface area contributed by atoms with E-state index in [1.54, 1.807) is 19.3 Å². The van der Waals surface area contributed by atoms with Crippen LogP contribution in [0.3, 0.4) is 0 Å². The van der Waals surface area contributed by atoms with Gasteiger partial charge in [0.2, 0.25) is 0 Å². The van der Waals surface area contributed by atoms with Gasteiger partial charge in [-0.2, -0.15) is 0 Å². The molecule has 1 fully saturated rings. The molecule has 0 bridgehead atoms. The number of thioether (sulfide) groups is 1. The summed E-state index contributed by atoms with van der Waals surface area (Å²) in [5.41, 5.74) is 3.04. The Morgan fingerprint density at radius 1 is 1.12 bits per heavy atom. The molecule has 0 saturated carbocycles. The van der Waals surface area contributed by atoms with E-state index < -0.39 is 0 Å². The molecule has 0 unspecified atom stereocenters. The molecule has 0 aliphatic carbocycles. The lowest BCUT2D eigenvalue weighted by molar-refractivity contribution is -0.121. The molecule has 2 aromatic rings. The smallest absolute Gasteiger partial charge is 0.266 e. The summed E-state index contributed by atoms with van der Waals surface area (Å²) in [5.74, 6) is 1.96. The summed E-state index contributed by atoms with van der Waals surface area (Å²) in [7, 11) is 1.60. The standard InChI is InChI=1S/C25H27NO4S2/c1-5-12-26-24(27)22(32-25(26)31)16-19-8-6-9-20(28-4)23(19)30-14-7-13-29-21-15-17(2)10-11-18(21)3/h5-6,8-11,15-16H,1,7,12-14H2,2-4H3. The van der Waals surface area contributed by atoms with Gasteiger partial charge in [0, 0.05) is 18.5 Å². The Labute approximate surface area is 199 Å². The van der Waals surface area contributed by atoms with E-state index in [2.05, 4.69) is 18.7 Å². The maximum atomic E-state index is 12.7. The molecule has 7 heteroatoms. The lowest BCUT2D eigenvalue weighted by Gasteiger charge is -2.14. The maximum absolute atomic E-state index is 12.7. The van der Waals surface area contributed by atoms with Crippen molar-refractivity contribution < 1.29 is 19.0 Å². The Hall–Kier alpha value is -2.77. The topological polar surface area (TPSA) is 48.0 Å². The SMILES string of the molecule is C=CCN1C(=O)C(=Cc2cccc(OC)c2OCCCOc2cc(C)ccc2C)SC1=S. The number of aryl methyl sites for hydroxylation is 2. The molecule has 1 saturated heterocycles. The molecule has 1 aliphatic rings. The predicted octanol–water partition coefficient (Wildman–Crippen LogP) is 5.55. The predicted molar refractivity (Wildman–Crippen MR) is 135 cm³/mol. The summed E-state index contributed by atoms with van der Waals surface area (Å²) >= 11 is 6.60. The molecule has 0 radical (unpaired) electrons. The second-order valence-corrected chi connectivity index (χ2v) is 8.95. The lowest BCUT2D eigenvalue weighted by Crippen LogP contribution is -2.27. The van der Waals surface area contributed by atoms with Gasteiger partial charge in [0.1, 0.15) is 10.1 Å². The summed E-state index contributed by atoms with van der Waals surface area (Å²) in [6.07, 6.45) is 4.16. The molecule has 0 atom stereocenters. The van der Waals surface area contributed by atoms with E-state index in [9.17, 15) is 4.79 Å². The van der Waals surface area contributed by atoms with Gasteiger partial charge in [0.15, 0.2) is 11.5 Å². The number of nitrogens with zero attached hydrogens (tertiary/aromatic N) is 1. The van der Waals surface area contributed by atoms with Gasteiger partial charge in [-0.25, -0.2) is 0 Å². The number of carbonyl (C=O) groups is 1. The van der Waals surface area contributed by atoms with Crippen LogP contribution in [0.15, 0.2) is 54.0 Å². The van der Waals surface area contributed by atoms with E-state index in [1.807, 2.05) is 38.1 Å². The highest BCUT2D eigenvalue weighted by molar-refractivity contribution is 8.26. The Balaban J connectivity index is 1.68. The molecule has 5 nitrogen and oxygen atoms in total. The van der Waals surface area contributed by atoms with Crippen molar-refractivity contribution in [3.05, 3.63) is 70.6 Å². The number of hydrogen-bond acceptors (Lipinski definition) is 6. The first-order chi connectivity index (χ1) is 15.4. The summed E-state index contributed by atoms with van der Waals surface area (Å²) < 4.78 is 18.0. The van der Waals surface area contributed by atoms with Gasteiger partial charge in [-0.3, -0.25) is 9.69 Å². The number of thiocarbonyl (C=S) groups is 1. The molecule has 2 aromatic carbocycles. The number of carbonyl (C=O) groups excluding carboxylic acids is 1. The highest BCUT2D eigenvalue weighted by Crippen LogP contribution is 2.37. The minimum absolute atomic E-state index is 0.129. The van der Waals surface area contributed by atoms with Crippen molar-refractivity contribution in [3.63, 3.8) is 0 Å². The van der Waals surface area contributed by atoms with Gasteiger partial charge in [-0.1, -0.05) is 54.3 Å². The molecule has 0 aromatic heterocycles. The number of hydrogen-bond donors (Lipinski definition) is 0. The minimum atomic E-state index is -0.129. The molecule has 1 heterocycles. The summed E-state index contributed by atoms with van der Waals surface area (Å²) in [6.45, 7) is 9.14. The third kappa shape index (κ3) is 5.72. The fourth-order valence-electron chi connectivity index (χ4n) is 3.17. The zero-order valence-electron chi connectivity index (χ0n) is 18.6. The Kier molecular flexibility index (Phi) is 8.36. The van der Waals surface area contributed by atoms with E-state index >= 15 is 0 Å². The second kappa shape index (κ2) is 11.2. The average molecular weight is 470 g/mol. The van der Waals surface area contributed by atoms with E-state index in [1.165, 1.54) is 22.2 Å². The van der Waals surface area contributed by atoms with Crippen molar-refractivity contribution in [1.29, 1.82) is 0 Å². The van der Waals surface area contributed by atoms with E-state index in [-0.39, 0.29) is 5.91 Å². The Morgan fingerprint density at radius 2 is 1.91 bits per heavy atom. The lowest BCUT2D eigenvalue weighted by atomic mass is 10.1. The molecule has 0 spiro atoms. The van der Waals surface area contributed by atoms with Crippen molar-refractivity contribution in [2.24, 2.45) is 0 Å². The van der Waals surface area contributed by atoms with E-state index in [0.29, 0.717) is 46.9 Å². The van der Waals surface area contributed by atoms with Gasteiger partial charge in [0.05, 0.1) is 25.2 Å². The molecule has 32 heavy (non-hydrogen) atoms. The largest absolute Gasteiger partial charge is 0.493 e. The van der Waals surface area contributed by atoms with E-state index in [0.717, 1.165) is 16.9 Å². The molecule has 3 rings (SSSR count). The van der Waals surface area contributed by atoms with Crippen molar-refractivity contribution in [2.75, 3.05) is 26.9 Å². The molecular weight excluding hydrogens is 442 g/mol. The Morgan fingerprint density at radius 3 is 2.66 bits per heavy atom. The van der Waals surface area contributed by atoms with Crippen LogP contribution in [0.2, 0.25) is 0 Å². The van der Waals surface area contributed by atoms with Crippen molar-refractivity contribution in [2.45, 2.75) is 20.3 Å². The Bertz CT molecular complexity index is 1050. The molecule has 168 valence electrons. The van der Waals surface area contributed by atoms with Crippen molar-refractivity contribution in [1.82, 2.24) is 4.90 Å². The third-order valence-electron chi connectivity index (χ3n) is 4.84. The quantitative estimate of drug-likeness (QED) is 0.197. The molecule has 1 amide bonds. The number of ether oxygens (including phenoxy) is 3. The average Bonchev–Trinajstić information content (AvgIpc) is 3.04. The third-order valence-corrected chi connectivity index (χ3v) is 6.22. The monoisotopic (exact) mass is 469 g/mol. The number of benzene rings is 2.